The number of nitrogens with two attached hydrogens (primary N) is 1. The van der Waals surface area contributed by atoms with Crippen LogP contribution in [0.4, 0.5) is 5.69 Å². The highest BCUT2D eigenvalue weighted by molar-refractivity contribution is 7.80. The molecule has 0 amide bonds. The number of hydrogen-bond acceptors (Lipinski definition) is 3. The van der Waals surface area contributed by atoms with Crippen molar-refractivity contribution in [3.05, 3.63) is 28.8 Å². The molecule has 98 valence electrons. The Morgan fingerprint density at radius 1 is 1.56 bits per heavy atom. The predicted molar refractivity (Wildman–Crippen MR) is 79.4 cm³/mol. The van der Waals surface area contributed by atoms with E-state index in [4.69, 9.17) is 34.7 Å². The average Bonchev–Trinajstić information content (AvgIpc) is 2.77. The van der Waals surface area contributed by atoms with E-state index >= 15 is 0 Å². The molecule has 18 heavy (non-hydrogen) atoms. The summed E-state index contributed by atoms with van der Waals surface area (Å²) in [6, 6.07) is 5.72. The fraction of sp³-hybridized carbons (Fsp3) is 0.462. The first-order chi connectivity index (χ1) is 8.63. The van der Waals surface area contributed by atoms with Crippen LogP contribution in [-0.2, 0) is 0 Å². The maximum atomic E-state index is 8.99. The van der Waals surface area contributed by atoms with Gasteiger partial charge in [0.2, 0.25) is 0 Å². The van der Waals surface area contributed by atoms with Gasteiger partial charge in [-0.25, -0.2) is 0 Å². The lowest BCUT2D eigenvalue weighted by Crippen LogP contribution is -2.24. The normalized spacial score (nSPS) is 19.2. The van der Waals surface area contributed by atoms with Crippen LogP contribution in [0.3, 0.4) is 0 Å². The van der Waals surface area contributed by atoms with Gasteiger partial charge in [-0.2, -0.15) is 0 Å². The van der Waals surface area contributed by atoms with Crippen molar-refractivity contribution in [1.82, 2.24) is 0 Å². The monoisotopic (exact) mass is 284 g/mol. The van der Waals surface area contributed by atoms with E-state index in [1.165, 1.54) is 0 Å². The third-order valence-electron chi connectivity index (χ3n) is 3.40. The molecule has 1 heterocycles. The number of aliphatic hydroxyl groups is 1. The van der Waals surface area contributed by atoms with Crippen LogP contribution < -0.4 is 10.6 Å². The number of thiocarbonyl (C=S) groups is 1. The molecule has 5 heteroatoms. The lowest BCUT2D eigenvalue weighted by atomic mass is 10.1. The summed E-state index contributed by atoms with van der Waals surface area (Å²) in [4.78, 5) is 2.59. The Morgan fingerprint density at radius 2 is 2.33 bits per heavy atom. The van der Waals surface area contributed by atoms with Crippen molar-refractivity contribution < 1.29 is 5.11 Å². The fourth-order valence-electron chi connectivity index (χ4n) is 2.49. The van der Waals surface area contributed by atoms with Crippen molar-refractivity contribution >= 4 is 34.5 Å². The summed E-state index contributed by atoms with van der Waals surface area (Å²) in [5, 5.41) is 9.59. The third kappa shape index (κ3) is 2.76. The largest absolute Gasteiger partial charge is 0.396 e. The van der Waals surface area contributed by atoms with Gasteiger partial charge in [0, 0.05) is 25.4 Å². The minimum absolute atomic E-state index is 0.246. The number of halogens is 1. The maximum Gasteiger partial charge on any atom is 0.107 e. The van der Waals surface area contributed by atoms with E-state index in [-0.39, 0.29) is 6.61 Å². The lowest BCUT2D eigenvalue weighted by molar-refractivity contribution is 0.263. The van der Waals surface area contributed by atoms with Crippen LogP contribution in [0.2, 0.25) is 5.02 Å². The SMILES string of the molecule is NC(=S)c1c(Cl)cccc1N1CCC(CCO)C1. The number of hydrogen-bond donors (Lipinski definition) is 2. The van der Waals surface area contributed by atoms with Crippen molar-refractivity contribution in [3.63, 3.8) is 0 Å². The van der Waals surface area contributed by atoms with E-state index in [0.29, 0.717) is 15.9 Å². The molecule has 0 spiro atoms. The number of benzene rings is 1. The molecular weight excluding hydrogens is 268 g/mol. The topological polar surface area (TPSA) is 49.5 Å². The molecule has 0 aromatic heterocycles. The molecule has 0 bridgehead atoms. The molecular formula is C13H17ClN2OS. The highest BCUT2D eigenvalue weighted by Crippen LogP contribution is 2.32. The van der Waals surface area contributed by atoms with Gasteiger partial charge in [-0.15, -0.1) is 0 Å². The first-order valence-corrected chi connectivity index (χ1v) is 6.86. The second-order valence-electron chi connectivity index (χ2n) is 4.61. The minimum atomic E-state index is 0.246. The van der Waals surface area contributed by atoms with Crippen molar-refractivity contribution in [3.8, 4) is 0 Å². The molecule has 1 saturated heterocycles. The van der Waals surface area contributed by atoms with Gasteiger partial charge in [0.05, 0.1) is 10.6 Å². The number of rotatable bonds is 4. The van der Waals surface area contributed by atoms with Crippen molar-refractivity contribution in [1.29, 1.82) is 0 Å². The second-order valence-corrected chi connectivity index (χ2v) is 5.46. The zero-order valence-electron chi connectivity index (χ0n) is 10.1. The van der Waals surface area contributed by atoms with E-state index < -0.39 is 0 Å². The molecule has 0 saturated carbocycles. The smallest absolute Gasteiger partial charge is 0.107 e. The van der Waals surface area contributed by atoms with Crippen LogP contribution in [0.25, 0.3) is 0 Å². The average molecular weight is 285 g/mol. The Kier molecular flexibility index (Phi) is 4.43. The molecule has 1 aromatic rings. The Bertz CT molecular complexity index is 453. The zero-order chi connectivity index (χ0) is 13.1. The van der Waals surface area contributed by atoms with Crippen LogP contribution in [-0.4, -0.2) is 29.8 Å². The summed E-state index contributed by atoms with van der Waals surface area (Å²) in [7, 11) is 0. The van der Waals surface area contributed by atoms with Gasteiger partial charge in [-0.05, 0) is 30.9 Å². The Hall–Kier alpha value is -0.840. The molecule has 2 rings (SSSR count). The Morgan fingerprint density at radius 3 is 3.00 bits per heavy atom. The van der Waals surface area contributed by atoms with Crippen LogP contribution in [0, 0.1) is 5.92 Å². The van der Waals surface area contributed by atoms with Gasteiger partial charge in [0.15, 0.2) is 0 Å². The molecule has 1 unspecified atom stereocenters. The first kappa shape index (κ1) is 13.6. The summed E-state index contributed by atoms with van der Waals surface area (Å²) in [5.41, 5.74) is 7.53. The third-order valence-corrected chi connectivity index (χ3v) is 3.92. The summed E-state index contributed by atoms with van der Waals surface area (Å²) >= 11 is 11.2. The zero-order valence-corrected chi connectivity index (χ0v) is 11.7. The van der Waals surface area contributed by atoms with E-state index in [9.17, 15) is 0 Å². The number of nitrogens with zero attached hydrogens (tertiary/aromatic N) is 1. The quantitative estimate of drug-likeness (QED) is 0.832. The molecule has 1 aliphatic heterocycles. The van der Waals surface area contributed by atoms with Crippen molar-refractivity contribution in [2.45, 2.75) is 12.8 Å². The maximum absolute atomic E-state index is 8.99. The Labute approximate surface area is 118 Å². The fourth-order valence-corrected chi connectivity index (χ4v) is 3.03. The van der Waals surface area contributed by atoms with Crippen LogP contribution >= 0.6 is 23.8 Å². The van der Waals surface area contributed by atoms with Gasteiger partial charge in [-0.1, -0.05) is 29.9 Å². The molecule has 3 nitrogen and oxygen atoms in total. The van der Waals surface area contributed by atoms with Crippen LogP contribution in [0.1, 0.15) is 18.4 Å². The summed E-state index contributed by atoms with van der Waals surface area (Å²) in [5.74, 6) is 0.535. The molecule has 1 aromatic carbocycles. The summed E-state index contributed by atoms with van der Waals surface area (Å²) in [6.45, 7) is 2.13. The summed E-state index contributed by atoms with van der Waals surface area (Å²) in [6.07, 6.45) is 1.93. The molecule has 0 radical (unpaired) electrons. The van der Waals surface area contributed by atoms with Gasteiger partial charge in [0.25, 0.3) is 0 Å². The van der Waals surface area contributed by atoms with E-state index in [1.54, 1.807) is 6.07 Å². The van der Waals surface area contributed by atoms with Gasteiger partial charge in [-0.3, -0.25) is 0 Å². The molecule has 0 aliphatic carbocycles. The molecule has 1 atom stereocenters. The minimum Gasteiger partial charge on any atom is -0.396 e. The first-order valence-electron chi connectivity index (χ1n) is 6.07. The van der Waals surface area contributed by atoms with Crippen LogP contribution in [0.5, 0.6) is 0 Å². The van der Waals surface area contributed by atoms with Gasteiger partial charge < -0.3 is 15.7 Å². The van der Waals surface area contributed by atoms with E-state index in [2.05, 4.69) is 4.90 Å². The molecule has 1 aliphatic rings. The van der Waals surface area contributed by atoms with E-state index in [1.807, 2.05) is 12.1 Å². The standard InChI is InChI=1S/C13H17ClN2OS/c14-10-2-1-3-11(12(10)13(15)18)16-6-4-9(8-16)5-7-17/h1-3,9,17H,4-8H2,(H2,15,18). The van der Waals surface area contributed by atoms with E-state index in [0.717, 1.165) is 37.2 Å². The van der Waals surface area contributed by atoms with Gasteiger partial charge in [0.1, 0.15) is 4.99 Å². The molecule has 1 fully saturated rings. The molecule has 3 N–H and O–H groups in total. The summed E-state index contributed by atoms with van der Waals surface area (Å²) < 4.78 is 0. The number of anilines is 1. The lowest BCUT2D eigenvalue weighted by Gasteiger charge is -2.22. The van der Waals surface area contributed by atoms with Crippen LogP contribution in [0.15, 0.2) is 18.2 Å². The predicted octanol–water partition coefficient (Wildman–Crippen LogP) is 2.18. The van der Waals surface area contributed by atoms with Crippen molar-refractivity contribution in [2.75, 3.05) is 24.6 Å². The number of aliphatic hydroxyl groups excluding tert-OH is 1. The van der Waals surface area contributed by atoms with Gasteiger partial charge >= 0.3 is 0 Å². The second kappa shape index (κ2) is 5.87. The van der Waals surface area contributed by atoms with Crippen molar-refractivity contribution in [2.24, 2.45) is 11.7 Å². The Balaban J connectivity index is 2.24. The highest BCUT2D eigenvalue weighted by Gasteiger charge is 2.25. The highest BCUT2D eigenvalue weighted by atomic mass is 35.5.